The standard InChI is InChI=1S/C17H18ClNO4/c1-10(2)23-11-8-13(18)16(22-3)15(9-11)19-14-7-5-4-6-12(14)17(20)21/h4-10,19H,1-3H3,(H,20,21). The van der Waals surface area contributed by atoms with E-state index in [2.05, 4.69) is 5.32 Å². The SMILES string of the molecule is COc1c(Cl)cc(OC(C)C)cc1Nc1ccccc1C(=O)O. The number of ether oxygens (including phenoxy) is 2. The quantitative estimate of drug-likeness (QED) is 0.808. The number of methoxy groups -OCH3 is 1. The predicted octanol–water partition coefficient (Wildman–Crippen LogP) is 4.58. The minimum atomic E-state index is -1.02. The van der Waals surface area contributed by atoms with Gasteiger partial charge in [0.2, 0.25) is 0 Å². The second-order valence-electron chi connectivity index (χ2n) is 5.13. The molecule has 0 aliphatic carbocycles. The summed E-state index contributed by atoms with van der Waals surface area (Å²) in [6, 6.07) is 9.99. The Morgan fingerprint density at radius 2 is 1.91 bits per heavy atom. The fourth-order valence-corrected chi connectivity index (χ4v) is 2.42. The van der Waals surface area contributed by atoms with Gasteiger partial charge >= 0.3 is 5.97 Å². The number of para-hydroxylation sites is 1. The maximum absolute atomic E-state index is 11.3. The maximum atomic E-state index is 11.3. The molecule has 0 heterocycles. The molecule has 2 N–H and O–H groups in total. The molecule has 5 nitrogen and oxygen atoms in total. The molecule has 0 aromatic heterocycles. The Balaban J connectivity index is 2.46. The Morgan fingerprint density at radius 1 is 1.22 bits per heavy atom. The van der Waals surface area contributed by atoms with Gasteiger partial charge in [0, 0.05) is 12.1 Å². The minimum absolute atomic E-state index is 0.0152. The highest BCUT2D eigenvalue weighted by Crippen LogP contribution is 2.39. The monoisotopic (exact) mass is 335 g/mol. The van der Waals surface area contributed by atoms with Gasteiger partial charge in [-0.1, -0.05) is 23.7 Å². The molecule has 0 saturated heterocycles. The first-order valence-electron chi connectivity index (χ1n) is 7.06. The fourth-order valence-electron chi connectivity index (χ4n) is 2.13. The smallest absolute Gasteiger partial charge is 0.337 e. The maximum Gasteiger partial charge on any atom is 0.337 e. The van der Waals surface area contributed by atoms with Crippen molar-refractivity contribution in [3.8, 4) is 11.5 Å². The third-order valence-corrected chi connectivity index (χ3v) is 3.30. The van der Waals surface area contributed by atoms with Gasteiger partial charge in [0.1, 0.15) is 5.75 Å². The molecule has 0 radical (unpaired) electrons. The van der Waals surface area contributed by atoms with Gasteiger partial charge < -0.3 is 19.9 Å². The molecule has 2 rings (SSSR count). The van der Waals surface area contributed by atoms with Crippen molar-refractivity contribution in [3.63, 3.8) is 0 Å². The number of carbonyl (C=O) groups is 1. The molecular formula is C17H18ClNO4. The summed E-state index contributed by atoms with van der Waals surface area (Å²) in [6.45, 7) is 3.82. The number of nitrogens with one attached hydrogen (secondary N) is 1. The van der Waals surface area contributed by atoms with Crippen LogP contribution in [0.2, 0.25) is 5.02 Å². The average Bonchev–Trinajstić information content (AvgIpc) is 2.46. The first kappa shape index (κ1) is 17.0. The van der Waals surface area contributed by atoms with Crippen LogP contribution < -0.4 is 14.8 Å². The molecule has 0 bridgehead atoms. The van der Waals surface area contributed by atoms with Crippen LogP contribution in [0.25, 0.3) is 0 Å². The number of carboxylic acids is 1. The number of benzene rings is 2. The molecule has 0 spiro atoms. The molecule has 23 heavy (non-hydrogen) atoms. The van der Waals surface area contributed by atoms with Crippen LogP contribution in [-0.2, 0) is 0 Å². The second-order valence-corrected chi connectivity index (χ2v) is 5.54. The van der Waals surface area contributed by atoms with Crippen LogP contribution in [-0.4, -0.2) is 24.3 Å². The Bertz CT molecular complexity index is 716. The summed E-state index contributed by atoms with van der Waals surface area (Å²) >= 11 is 6.23. The Hall–Kier alpha value is -2.40. The number of halogens is 1. The van der Waals surface area contributed by atoms with Crippen LogP contribution in [0.1, 0.15) is 24.2 Å². The van der Waals surface area contributed by atoms with Crippen molar-refractivity contribution >= 4 is 28.9 Å². The van der Waals surface area contributed by atoms with E-state index in [-0.39, 0.29) is 11.7 Å². The van der Waals surface area contributed by atoms with Gasteiger partial charge in [0.25, 0.3) is 0 Å². The van der Waals surface area contributed by atoms with Crippen LogP contribution in [0.15, 0.2) is 36.4 Å². The molecular weight excluding hydrogens is 318 g/mol. The highest BCUT2D eigenvalue weighted by Gasteiger charge is 2.15. The lowest BCUT2D eigenvalue weighted by Crippen LogP contribution is -2.07. The molecule has 0 saturated carbocycles. The van der Waals surface area contributed by atoms with Crippen molar-refractivity contribution in [2.45, 2.75) is 20.0 Å². The molecule has 122 valence electrons. The molecule has 0 atom stereocenters. The summed E-state index contributed by atoms with van der Waals surface area (Å²) in [6.07, 6.45) is -0.0152. The van der Waals surface area contributed by atoms with E-state index in [1.54, 1.807) is 30.3 Å². The largest absolute Gasteiger partial charge is 0.493 e. The molecule has 0 aliphatic rings. The minimum Gasteiger partial charge on any atom is -0.493 e. The molecule has 2 aromatic carbocycles. The highest BCUT2D eigenvalue weighted by molar-refractivity contribution is 6.32. The van der Waals surface area contributed by atoms with Gasteiger partial charge in [-0.15, -0.1) is 0 Å². The van der Waals surface area contributed by atoms with Crippen molar-refractivity contribution in [1.82, 2.24) is 0 Å². The van der Waals surface area contributed by atoms with Gasteiger partial charge in [0.15, 0.2) is 5.75 Å². The van der Waals surface area contributed by atoms with Gasteiger partial charge in [-0.2, -0.15) is 0 Å². The Kier molecular flexibility index (Phi) is 5.34. The van der Waals surface area contributed by atoms with E-state index in [0.29, 0.717) is 27.9 Å². The predicted molar refractivity (Wildman–Crippen MR) is 90.5 cm³/mol. The average molecular weight is 336 g/mol. The van der Waals surface area contributed by atoms with Crippen molar-refractivity contribution in [2.75, 3.05) is 12.4 Å². The zero-order chi connectivity index (χ0) is 17.0. The lowest BCUT2D eigenvalue weighted by Gasteiger charge is -2.17. The number of hydrogen-bond acceptors (Lipinski definition) is 4. The lowest BCUT2D eigenvalue weighted by atomic mass is 10.1. The fraction of sp³-hybridized carbons (Fsp3) is 0.235. The molecule has 0 unspecified atom stereocenters. The van der Waals surface area contributed by atoms with Crippen molar-refractivity contribution in [1.29, 1.82) is 0 Å². The Labute approximate surface area is 139 Å². The van der Waals surface area contributed by atoms with E-state index in [4.69, 9.17) is 21.1 Å². The van der Waals surface area contributed by atoms with Crippen LogP contribution in [0.5, 0.6) is 11.5 Å². The topological polar surface area (TPSA) is 67.8 Å². The van der Waals surface area contributed by atoms with E-state index in [0.717, 1.165) is 0 Å². The zero-order valence-corrected chi connectivity index (χ0v) is 13.8. The zero-order valence-electron chi connectivity index (χ0n) is 13.1. The number of carboxylic acid groups (broad SMARTS) is 1. The summed E-state index contributed by atoms with van der Waals surface area (Å²) in [5.74, 6) is -0.0307. The van der Waals surface area contributed by atoms with Crippen LogP contribution >= 0.6 is 11.6 Å². The van der Waals surface area contributed by atoms with Gasteiger partial charge in [-0.05, 0) is 26.0 Å². The van der Waals surface area contributed by atoms with E-state index < -0.39 is 5.97 Å². The van der Waals surface area contributed by atoms with Gasteiger partial charge in [-0.3, -0.25) is 0 Å². The van der Waals surface area contributed by atoms with Gasteiger partial charge in [-0.25, -0.2) is 4.79 Å². The number of hydrogen-bond donors (Lipinski definition) is 2. The molecule has 6 heteroatoms. The van der Waals surface area contributed by atoms with Crippen molar-refractivity contribution in [3.05, 3.63) is 47.0 Å². The summed E-state index contributed by atoms with van der Waals surface area (Å²) in [5.41, 5.74) is 1.13. The number of aromatic carboxylic acids is 1. The van der Waals surface area contributed by atoms with E-state index in [9.17, 15) is 9.90 Å². The highest BCUT2D eigenvalue weighted by atomic mass is 35.5. The summed E-state index contributed by atoms with van der Waals surface area (Å²) in [4.78, 5) is 11.3. The summed E-state index contributed by atoms with van der Waals surface area (Å²) in [7, 11) is 1.50. The van der Waals surface area contributed by atoms with Crippen LogP contribution in [0.4, 0.5) is 11.4 Å². The van der Waals surface area contributed by atoms with Crippen LogP contribution in [0.3, 0.4) is 0 Å². The van der Waals surface area contributed by atoms with E-state index in [1.807, 2.05) is 13.8 Å². The number of anilines is 2. The van der Waals surface area contributed by atoms with E-state index in [1.165, 1.54) is 13.2 Å². The first-order valence-corrected chi connectivity index (χ1v) is 7.43. The van der Waals surface area contributed by atoms with Gasteiger partial charge in [0.05, 0.1) is 35.2 Å². The van der Waals surface area contributed by atoms with E-state index >= 15 is 0 Å². The molecule has 0 aliphatic heterocycles. The molecule has 0 fully saturated rings. The lowest BCUT2D eigenvalue weighted by molar-refractivity contribution is 0.0698. The third kappa shape index (κ3) is 4.07. The third-order valence-electron chi connectivity index (χ3n) is 3.02. The van der Waals surface area contributed by atoms with Crippen molar-refractivity contribution < 1.29 is 19.4 Å². The normalized spacial score (nSPS) is 10.5. The summed E-state index contributed by atoms with van der Waals surface area (Å²) < 4.78 is 11.0. The van der Waals surface area contributed by atoms with Crippen molar-refractivity contribution in [2.24, 2.45) is 0 Å². The molecule has 0 amide bonds. The first-order chi connectivity index (χ1) is 10.9. The Morgan fingerprint density at radius 3 is 2.52 bits per heavy atom. The summed E-state index contributed by atoms with van der Waals surface area (Å²) in [5, 5.41) is 12.7. The molecule has 2 aromatic rings. The number of rotatable bonds is 6. The van der Waals surface area contributed by atoms with Crippen LogP contribution in [0, 0.1) is 0 Å². The second kappa shape index (κ2) is 7.24.